The molecule has 1 aromatic heterocycles. The molecule has 0 aliphatic rings. The smallest absolute Gasteiger partial charge is 0.241 e. The van der Waals surface area contributed by atoms with Gasteiger partial charge in [0.2, 0.25) is 5.91 Å². The SMILES string of the molecule is CCOC(C)CNC(=O)Cn1ccc(N)n1. The second-order valence-corrected chi connectivity index (χ2v) is 3.51. The second kappa shape index (κ2) is 6.12. The Hall–Kier alpha value is -1.56. The molecule has 0 aliphatic carbocycles. The van der Waals surface area contributed by atoms with Crippen LogP contribution in [0.1, 0.15) is 13.8 Å². The molecule has 1 unspecified atom stereocenters. The first kappa shape index (κ1) is 12.5. The standard InChI is InChI=1S/C10H18N4O2/c1-3-16-8(2)6-12-10(15)7-14-5-4-9(11)13-14/h4-5,8H,3,6-7H2,1-2H3,(H2,11,13)(H,12,15). The molecule has 3 N–H and O–H groups in total. The summed E-state index contributed by atoms with van der Waals surface area (Å²) in [6.45, 7) is 5.16. The fourth-order valence-corrected chi connectivity index (χ4v) is 1.27. The van der Waals surface area contributed by atoms with E-state index in [4.69, 9.17) is 10.5 Å². The monoisotopic (exact) mass is 226 g/mol. The minimum Gasteiger partial charge on any atom is -0.382 e. The zero-order valence-corrected chi connectivity index (χ0v) is 9.64. The van der Waals surface area contributed by atoms with Crippen LogP contribution in [0.4, 0.5) is 5.82 Å². The fourth-order valence-electron chi connectivity index (χ4n) is 1.27. The van der Waals surface area contributed by atoms with Crippen LogP contribution >= 0.6 is 0 Å². The van der Waals surface area contributed by atoms with Crippen molar-refractivity contribution in [2.24, 2.45) is 0 Å². The van der Waals surface area contributed by atoms with E-state index in [0.29, 0.717) is 19.0 Å². The Morgan fingerprint density at radius 3 is 3.06 bits per heavy atom. The first-order valence-corrected chi connectivity index (χ1v) is 5.29. The highest BCUT2D eigenvalue weighted by atomic mass is 16.5. The topological polar surface area (TPSA) is 82.2 Å². The average molecular weight is 226 g/mol. The first-order valence-electron chi connectivity index (χ1n) is 5.29. The van der Waals surface area contributed by atoms with E-state index in [1.54, 1.807) is 12.3 Å². The Labute approximate surface area is 94.8 Å². The molecule has 16 heavy (non-hydrogen) atoms. The van der Waals surface area contributed by atoms with Crippen molar-refractivity contribution in [3.63, 3.8) is 0 Å². The number of nitrogen functional groups attached to an aromatic ring is 1. The lowest BCUT2D eigenvalue weighted by Gasteiger charge is -2.12. The van der Waals surface area contributed by atoms with Gasteiger partial charge in [-0.3, -0.25) is 9.48 Å². The Morgan fingerprint density at radius 2 is 2.50 bits per heavy atom. The molecule has 0 saturated heterocycles. The van der Waals surface area contributed by atoms with E-state index in [1.807, 2.05) is 13.8 Å². The molecule has 6 nitrogen and oxygen atoms in total. The lowest BCUT2D eigenvalue weighted by Crippen LogP contribution is -2.34. The van der Waals surface area contributed by atoms with Crippen LogP contribution in [0.2, 0.25) is 0 Å². The zero-order valence-electron chi connectivity index (χ0n) is 9.64. The summed E-state index contributed by atoms with van der Waals surface area (Å²) in [5, 5.41) is 6.68. The lowest BCUT2D eigenvalue weighted by atomic mass is 10.4. The third-order valence-electron chi connectivity index (χ3n) is 2.00. The van der Waals surface area contributed by atoms with Crippen LogP contribution in [0.25, 0.3) is 0 Å². The highest BCUT2D eigenvalue weighted by Gasteiger charge is 2.06. The van der Waals surface area contributed by atoms with E-state index in [1.165, 1.54) is 4.68 Å². The second-order valence-electron chi connectivity index (χ2n) is 3.51. The first-order chi connectivity index (χ1) is 7.61. The minimum absolute atomic E-state index is 0.0247. The van der Waals surface area contributed by atoms with Crippen LogP contribution in [0, 0.1) is 0 Å². The van der Waals surface area contributed by atoms with Gasteiger partial charge in [-0.15, -0.1) is 0 Å². The number of carbonyl (C=O) groups is 1. The van der Waals surface area contributed by atoms with Crippen LogP contribution in [-0.2, 0) is 16.1 Å². The van der Waals surface area contributed by atoms with E-state index in [9.17, 15) is 4.79 Å². The molecule has 6 heteroatoms. The van der Waals surface area contributed by atoms with Crippen molar-refractivity contribution < 1.29 is 9.53 Å². The van der Waals surface area contributed by atoms with Crippen molar-refractivity contribution in [1.29, 1.82) is 0 Å². The van der Waals surface area contributed by atoms with E-state index in [0.717, 1.165) is 0 Å². The van der Waals surface area contributed by atoms with Crippen molar-refractivity contribution in [1.82, 2.24) is 15.1 Å². The normalized spacial score (nSPS) is 12.4. The van der Waals surface area contributed by atoms with Crippen LogP contribution in [0.15, 0.2) is 12.3 Å². The van der Waals surface area contributed by atoms with Gasteiger partial charge in [-0.05, 0) is 19.9 Å². The maximum Gasteiger partial charge on any atom is 0.241 e. The van der Waals surface area contributed by atoms with Crippen LogP contribution in [0.5, 0.6) is 0 Å². The molecule has 1 heterocycles. The number of ether oxygens (including phenoxy) is 1. The van der Waals surface area contributed by atoms with E-state index >= 15 is 0 Å². The molecule has 1 aromatic rings. The van der Waals surface area contributed by atoms with Gasteiger partial charge in [0.15, 0.2) is 0 Å². The highest BCUT2D eigenvalue weighted by Crippen LogP contribution is 1.95. The van der Waals surface area contributed by atoms with Gasteiger partial charge in [0.1, 0.15) is 12.4 Å². The number of nitrogens with two attached hydrogens (primary N) is 1. The van der Waals surface area contributed by atoms with Gasteiger partial charge >= 0.3 is 0 Å². The van der Waals surface area contributed by atoms with E-state index in [-0.39, 0.29) is 18.6 Å². The fraction of sp³-hybridized carbons (Fsp3) is 0.600. The van der Waals surface area contributed by atoms with E-state index in [2.05, 4.69) is 10.4 Å². The molecule has 0 aromatic carbocycles. The summed E-state index contributed by atoms with van der Waals surface area (Å²) in [4.78, 5) is 11.5. The molecule has 1 rings (SSSR count). The lowest BCUT2D eigenvalue weighted by molar-refractivity contribution is -0.122. The predicted octanol–water partition coefficient (Wildman–Crippen LogP) is 0.00650. The molecule has 0 aliphatic heterocycles. The third-order valence-corrected chi connectivity index (χ3v) is 2.00. The minimum atomic E-state index is -0.102. The van der Waals surface area contributed by atoms with Crippen LogP contribution in [0.3, 0.4) is 0 Å². The summed E-state index contributed by atoms with van der Waals surface area (Å²) in [5.74, 6) is 0.310. The molecule has 0 bridgehead atoms. The third kappa shape index (κ3) is 4.31. The van der Waals surface area contributed by atoms with Gasteiger partial charge in [0.25, 0.3) is 0 Å². The number of carbonyl (C=O) groups excluding carboxylic acids is 1. The number of anilines is 1. The molecule has 0 spiro atoms. The van der Waals surface area contributed by atoms with Crippen LogP contribution < -0.4 is 11.1 Å². The average Bonchev–Trinajstić information content (AvgIpc) is 2.61. The molecular weight excluding hydrogens is 208 g/mol. The number of nitrogens with one attached hydrogen (secondary N) is 1. The number of hydrogen-bond donors (Lipinski definition) is 2. The maximum absolute atomic E-state index is 11.5. The number of aromatic nitrogens is 2. The summed E-state index contributed by atoms with van der Waals surface area (Å²) < 4.78 is 6.79. The number of hydrogen-bond acceptors (Lipinski definition) is 4. The van der Waals surface area contributed by atoms with Crippen molar-refractivity contribution in [3.05, 3.63) is 12.3 Å². The molecule has 90 valence electrons. The Morgan fingerprint density at radius 1 is 1.75 bits per heavy atom. The Kier molecular flexibility index (Phi) is 4.78. The summed E-state index contributed by atoms with van der Waals surface area (Å²) >= 11 is 0. The van der Waals surface area contributed by atoms with Crippen molar-refractivity contribution >= 4 is 11.7 Å². The number of rotatable bonds is 6. The highest BCUT2D eigenvalue weighted by molar-refractivity contribution is 5.75. The maximum atomic E-state index is 11.5. The van der Waals surface area contributed by atoms with Gasteiger partial charge in [-0.25, -0.2) is 0 Å². The van der Waals surface area contributed by atoms with Crippen molar-refractivity contribution in [2.45, 2.75) is 26.5 Å². The quantitative estimate of drug-likeness (QED) is 0.715. The Balaban J connectivity index is 2.26. The van der Waals surface area contributed by atoms with Gasteiger partial charge < -0.3 is 15.8 Å². The molecule has 0 saturated carbocycles. The summed E-state index contributed by atoms with van der Waals surface area (Å²) in [5.41, 5.74) is 5.43. The molecule has 1 amide bonds. The van der Waals surface area contributed by atoms with Gasteiger partial charge in [-0.2, -0.15) is 5.10 Å². The van der Waals surface area contributed by atoms with E-state index < -0.39 is 0 Å². The molecule has 0 radical (unpaired) electrons. The van der Waals surface area contributed by atoms with Gasteiger partial charge in [-0.1, -0.05) is 0 Å². The molecule has 1 atom stereocenters. The molecule has 0 fully saturated rings. The van der Waals surface area contributed by atoms with Crippen molar-refractivity contribution in [3.8, 4) is 0 Å². The summed E-state index contributed by atoms with van der Waals surface area (Å²) in [6.07, 6.45) is 1.69. The largest absolute Gasteiger partial charge is 0.382 e. The molecular formula is C10H18N4O2. The van der Waals surface area contributed by atoms with Gasteiger partial charge in [0, 0.05) is 19.3 Å². The Bertz CT molecular complexity index is 337. The number of amides is 1. The predicted molar refractivity (Wildman–Crippen MR) is 60.7 cm³/mol. The van der Waals surface area contributed by atoms with Crippen LogP contribution in [-0.4, -0.2) is 34.9 Å². The zero-order chi connectivity index (χ0) is 12.0. The van der Waals surface area contributed by atoms with Gasteiger partial charge in [0.05, 0.1) is 6.10 Å². The summed E-state index contributed by atoms with van der Waals surface area (Å²) in [7, 11) is 0. The summed E-state index contributed by atoms with van der Waals surface area (Å²) in [6, 6.07) is 1.65. The number of nitrogens with zero attached hydrogens (tertiary/aromatic N) is 2. The van der Waals surface area contributed by atoms with Crippen molar-refractivity contribution in [2.75, 3.05) is 18.9 Å².